The molecular weight excluding hydrogens is 210 g/mol. The number of nitrogen functional groups attached to an aromatic ring is 2. The van der Waals surface area contributed by atoms with Crippen LogP contribution >= 0.6 is 0 Å². The van der Waals surface area contributed by atoms with Gasteiger partial charge in [-0.15, -0.1) is 0 Å². The molecule has 0 unspecified atom stereocenters. The fraction of sp³-hybridized carbons (Fsp3) is 0.250. The molecule has 0 saturated carbocycles. The maximum Gasteiger partial charge on any atom is 0.271 e. The van der Waals surface area contributed by atoms with Crippen molar-refractivity contribution in [1.29, 1.82) is 0 Å². The molecule has 1 amide bonds. The van der Waals surface area contributed by atoms with Crippen LogP contribution < -0.4 is 22.5 Å². The number of rotatable bonds is 2. The molecule has 0 spiro atoms. The lowest BCUT2D eigenvalue weighted by atomic mass is 10.3. The Hall–Kier alpha value is -2.38. The maximum atomic E-state index is 11.0. The van der Waals surface area contributed by atoms with Gasteiger partial charge in [-0.1, -0.05) is 0 Å². The van der Waals surface area contributed by atoms with Gasteiger partial charge in [0, 0.05) is 6.54 Å². The van der Waals surface area contributed by atoms with E-state index in [2.05, 4.69) is 20.3 Å². The number of carbonyl (C=O) groups excluding carboxylic acids is 1. The molecule has 8 heteroatoms. The molecule has 0 fully saturated rings. The number of nitrogens with two attached hydrogens (primary N) is 3. The van der Waals surface area contributed by atoms with Gasteiger partial charge < -0.3 is 22.5 Å². The van der Waals surface area contributed by atoms with E-state index in [1.54, 1.807) is 0 Å². The topological polar surface area (TPSA) is 145 Å². The fourth-order valence-electron chi connectivity index (χ4n) is 1.37. The van der Waals surface area contributed by atoms with Crippen molar-refractivity contribution in [1.82, 2.24) is 15.3 Å². The Morgan fingerprint density at radius 3 is 2.56 bits per heavy atom. The smallest absolute Gasteiger partial charge is 0.271 e. The van der Waals surface area contributed by atoms with Crippen molar-refractivity contribution in [2.45, 2.75) is 0 Å². The number of carbonyl (C=O) groups is 1. The van der Waals surface area contributed by atoms with Crippen LogP contribution in [0.3, 0.4) is 0 Å². The third-order valence-electron chi connectivity index (χ3n) is 2.08. The molecule has 8 nitrogen and oxygen atoms in total. The summed E-state index contributed by atoms with van der Waals surface area (Å²) < 4.78 is 0. The van der Waals surface area contributed by atoms with Crippen LogP contribution in [0.1, 0.15) is 16.2 Å². The molecule has 7 N–H and O–H groups in total. The average Bonchev–Trinajstić information content (AvgIpc) is 2.70. The zero-order chi connectivity index (χ0) is 11.7. The van der Waals surface area contributed by atoms with E-state index in [9.17, 15) is 4.79 Å². The molecule has 1 aliphatic rings. The number of nitrogens with zero attached hydrogens (tertiary/aromatic N) is 3. The molecular formula is C8H11N7O. The first kappa shape index (κ1) is 10.1. The number of anilines is 2. The zero-order valence-electron chi connectivity index (χ0n) is 8.40. The predicted octanol–water partition coefficient (Wildman–Crippen LogP) is -1.91. The molecule has 1 aromatic heterocycles. The van der Waals surface area contributed by atoms with Gasteiger partial charge in [-0.25, -0.2) is 9.97 Å². The van der Waals surface area contributed by atoms with Crippen molar-refractivity contribution in [2.75, 3.05) is 24.6 Å². The van der Waals surface area contributed by atoms with Crippen LogP contribution in [0.4, 0.5) is 11.6 Å². The summed E-state index contributed by atoms with van der Waals surface area (Å²) in [4.78, 5) is 22.9. The molecule has 0 aromatic carbocycles. The first-order chi connectivity index (χ1) is 7.59. The first-order valence-electron chi connectivity index (χ1n) is 4.61. The minimum atomic E-state index is -0.746. The SMILES string of the molecule is NC(=O)c1nc(C2=NCCN2)c(N)nc1N. The Kier molecular flexibility index (Phi) is 2.31. The van der Waals surface area contributed by atoms with Crippen LogP contribution in [-0.2, 0) is 0 Å². The highest BCUT2D eigenvalue weighted by Crippen LogP contribution is 2.13. The summed E-state index contributed by atoms with van der Waals surface area (Å²) in [5, 5.41) is 2.97. The minimum absolute atomic E-state index is 0.0765. The number of aromatic nitrogens is 2. The Balaban J connectivity index is 2.53. The van der Waals surface area contributed by atoms with E-state index in [1.165, 1.54) is 0 Å². The third kappa shape index (κ3) is 1.60. The highest BCUT2D eigenvalue weighted by molar-refractivity contribution is 6.03. The van der Waals surface area contributed by atoms with E-state index >= 15 is 0 Å². The average molecular weight is 221 g/mol. The number of nitrogens with one attached hydrogen (secondary N) is 1. The van der Waals surface area contributed by atoms with E-state index in [1.807, 2.05) is 0 Å². The Morgan fingerprint density at radius 1 is 1.25 bits per heavy atom. The second kappa shape index (κ2) is 3.65. The van der Waals surface area contributed by atoms with E-state index in [-0.39, 0.29) is 17.3 Å². The molecule has 0 bridgehead atoms. The molecule has 2 heterocycles. The fourth-order valence-corrected chi connectivity index (χ4v) is 1.37. The summed E-state index contributed by atoms with van der Waals surface area (Å²) in [5.74, 6) is -0.194. The minimum Gasteiger partial charge on any atom is -0.382 e. The lowest BCUT2D eigenvalue weighted by Crippen LogP contribution is -2.26. The van der Waals surface area contributed by atoms with Crippen molar-refractivity contribution in [3.63, 3.8) is 0 Å². The number of hydrogen-bond donors (Lipinski definition) is 4. The monoisotopic (exact) mass is 221 g/mol. The summed E-state index contributed by atoms with van der Waals surface area (Å²) in [7, 11) is 0. The van der Waals surface area contributed by atoms with Crippen molar-refractivity contribution < 1.29 is 4.79 Å². The first-order valence-corrected chi connectivity index (χ1v) is 4.61. The highest BCUT2D eigenvalue weighted by atomic mass is 16.1. The third-order valence-corrected chi connectivity index (χ3v) is 2.08. The maximum absolute atomic E-state index is 11.0. The lowest BCUT2D eigenvalue weighted by Gasteiger charge is -2.07. The van der Waals surface area contributed by atoms with Gasteiger partial charge in [-0.3, -0.25) is 9.79 Å². The van der Waals surface area contributed by atoms with Gasteiger partial charge in [0.15, 0.2) is 23.2 Å². The van der Waals surface area contributed by atoms with Gasteiger partial charge >= 0.3 is 0 Å². The summed E-state index contributed by atoms with van der Waals surface area (Å²) in [5.41, 5.74) is 16.4. The Morgan fingerprint density at radius 2 is 2.00 bits per heavy atom. The predicted molar refractivity (Wildman–Crippen MR) is 58.8 cm³/mol. The normalized spacial score (nSPS) is 14.4. The second-order valence-electron chi connectivity index (χ2n) is 3.21. The molecule has 1 aromatic rings. The van der Waals surface area contributed by atoms with Gasteiger partial charge in [0.1, 0.15) is 5.69 Å². The number of amides is 1. The number of aliphatic imine (C=N–C) groups is 1. The standard InChI is InChI=1S/C8H11N7O/c9-5-3(7(11)16)14-4(6(10)15-5)8-12-1-2-13-8/h1-2H2,(H2,11,16)(H,12,13)(H4,9,10,15). The van der Waals surface area contributed by atoms with Crippen LogP contribution in [0.25, 0.3) is 0 Å². The van der Waals surface area contributed by atoms with Crippen molar-refractivity contribution in [3.05, 3.63) is 11.4 Å². The van der Waals surface area contributed by atoms with E-state index in [0.29, 0.717) is 24.6 Å². The summed E-state index contributed by atoms with van der Waals surface area (Å²) in [6.45, 7) is 1.33. The van der Waals surface area contributed by atoms with Crippen LogP contribution in [0, 0.1) is 0 Å². The molecule has 1 aliphatic heterocycles. The van der Waals surface area contributed by atoms with Gasteiger partial charge in [0.05, 0.1) is 6.54 Å². The molecule has 0 atom stereocenters. The Bertz CT molecular complexity index is 482. The van der Waals surface area contributed by atoms with Gasteiger partial charge in [0.2, 0.25) is 0 Å². The van der Waals surface area contributed by atoms with Crippen molar-refractivity contribution >= 4 is 23.4 Å². The number of hydrogen-bond acceptors (Lipinski definition) is 7. The summed E-state index contributed by atoms with van der Waals surface area (Å²) >= 11 is 0. The zero-order valence-corrected chi connectivity index (χ0v) is 8.40. The van der Waals surface area contributed by atoms with Crippen LogP contribution in [0.2, 0.25) is 0 Å². The second-order valence-corrected chi connectivity index (χ2v) is 3.21. The molecule has 84 valence electrons. The van der Waals surface area contributed by atoms with Crippen molar-refractivity contribution in [2.24, 2.45) is 10.7 Å². The van der Waals surface area contributed by atoms with E-state index in [4.69, 9.17) is 17.2 Å². The largest absolute Gasteiger partial charge is 0.382 e. The molecule has 2 rings (SSSR count). The van der Waals surface area contributed by atoms with Crippen LogP contribution in [0.15, 0.2) is 4.99 Å². The van der Waals surface area contributed by atoms with Crippen LogP contribution in [0.5, 0.6) is 0 Å². The number of primary amides is 1. The van der Waals surface area contributed by atoms with Crippen molar-refractivity contribution in [3.8, 4) is 0 Å². The quantitative estimate of drug-likeness (QED) is 0.458. The van der Waals surface area contributed by atoms with E-state index < -0.39 is 5.91 Å². The highest BCUT2D eigenvalue weighted by Gasteiger charge is 2.19. The molecule has 0 aliphatic carbocycles. The molecule has 0 radical (unpaired) electrons. The Labute approximate surface area is 91.0 Å². The number of amidine groups is 1. The van der Waals surface area contributed by atoms with Crippen LogP contribution in [-0.4, -0.2) is 34.8 Å². The molecule has 0 saturated heterocycles. The molecule has 16 heavy (non-hydrogen) atoms. The van der Waals surface area contributed by atoms with Gasteiger partial charge in [0.25, 0.3) is 5.91 Å². The lowest BCUT2D eigenvalue weighted by molar-refractivity contribution is 0.0996. The summed E-state index contributed by atoms with van der Waals surface area (Å²) in [6.07, 6.45) is 0. The van der Waals surface area contributed by atoms with Gasteiger partial charge in [-0.05, 0) is 0 Å². The van der Waals surface area contributed by atoms with E-state index in [0.717, 1.165) is 0 Å². The summed E-state index contributed by atoms with van der Waals surface area (Å²) in [6, 6.07) is 0. The van der Waals surface area contributed by atoms with Gasteiger partial charge in [-0.2, -0.15) is 0 Å².